The molecule has 0 fully saturated rings. The molecule has 0 unspecified atom stereocenters. The van der Waals surface area contributed by atoms with Crippen LogP contribution in [0.5, 0.6) is 0 Å². The molecule has 0 aliphatic heterocycles. The maximum absolute atomic E-state index is 14.2. The first-order valence-electron chi connectivity index (χ1n) is 19.9. The summed E-state index contributed by atoms with van der Waals surface area (Å²) in [6.07, 6.45) is -51.1. The lowest BCUT2D eigenvalue weighted by Gasteiger charge is -2.46. The Hall–Kier alpha value is -7.21. The molecule has 6 rings (SSSR count). The molecule has 0 saturated heterocycles. The summed E-state index contributed by atoms with van der Waals surface area (Å²) in [6, 6.07) is 5.62. The summed E-state index contributed by atoms with van der Waals surface area (Å²) in [5.41, 5.74) is -29.1. The molecule has 5 aromatic carbocycles. The minimum Gasteiger partial charge on any atom is -0.287 e. The lowest BCUT2D eigenvalue weighted by molar-refractivity contribution is -0.683. The minimum atomic E-state index is -6.13. The van der Waals surface area contributed by atoms with Crippen LogP contribution in [0.1, 0.15) is 60.4 Å². The van der Waals surface area contributed by atoms with Crippen LogP contribution in [0.2, 0.25) is 0 Å². The quantitative estimate of drug-likeness (QED) is 0.0692. The van der Waals surface area contributed by atoms with E-state index in [2.05, 4.69) is 0 Å². The zero-order chi connectivity index (χ0) is 56.0. The molecular formula is C46H23BF24N2O. The molecular weight excluding hydrogens is 1060 g/mol. The van der Waals surface area contributed by atoms with Gasteiger partial charge in [0.15, 0.2) is 12.4 Å². The Labute approximate surface area is 398 Å². The molecule has 0 amide bonds. The van der Waals surface area contributed by atoms with E-state index in [9.17, 15) is 110 Å². The Kier molecular flexibility index (Phi) is 15.5. The summed E-state index contributed by atoms with van der Waals surface area (Å²) in [4.78, 5) is 12.0. The average molecular weight is 1090 g/mol. The molecule has 0 N–H and O–H groups in total. The van der Waals surface area contributed by atoms with Gasteiger partial charge in [0.2, 0.25) is 12.3 Å². The summed E-state index contributed by atoms with van der Waals surface area (Å²) in [5.74, 6) is -0.00157. The number of nitrogens with zero attached hydrogens (tertiary/aromatic N) is 2. The van der Waals surface area contributed by atoms with E-state index in [0.29, 0.717) is 11.1 Å². The van der Waals surface area contributed by atoms with E-state index in [0.717, 1.165) is 0 Å². The van der Waals surface area contributed by atoms with E-state index in [-0.39, 0.29) is 12.3 Å². The van der Waals surface area contributed by atoms with Gasteiger partial charge in [-0.05, 0) is 36.4 Å². The van der Waals surface area contributed by atoms with Crippen molar-refractivity contribution in [3.63, 3.8) is 0 Å². The van der Waals surface area contributed by atoms with Crippen molar-refractivity contribution >= 4 is 33.8 Å². The summed E-state index contributed by atoms with van der Waals surface area (Å²) >= 11 is 0. The summed E-state index contributed by atoms with van der Waals surface area (Å²) in [6.45, 7) is 0.287. The van der Waals surface area contributed by atoms with Crippen molar-refractivity contribution in [3.05, 3.63) is 183 Å². The number of hydrogen-bond donors (Lipinski definition) is 0. The number of alkyl halides is 24. The highest BCUT2D eigenvalue weighted by molar-refractivity contribution is 7.20. The van der Waals surface area contributed by atoms with E-state index in [1.807, 2.05) is 36.7 Å². The van der Waals surface area contributed by atoms with Crippen LogP contribution < -0.4 is 26.4 Å². The zero-order valence-corrected chi connectivity index (χ0v) is 35.8. The van der Waals surface area contributed by atoms with Crippen LogP contribution in [0.3, 0.4) is 0 Å². The lowest BCUT2D eigenvalue weighted by Crippen LogP contribution is -2.75. The Bertz CT molecular complexity index is 2630. The van der Waals surface area contributed by atoms with Gasteiger partial charge in [0.05, 0.1) is 56.1 Å². The Morgan fingerprint density at radius 2 is 0.635 bits per heavy atom. The van der Waals surface area contributed by atoms with Crippen LogP contribution in [0.15, 0.2) is 128 Å². The molecule has 28 heteroatoms. The normalized spacial score (nSPS) is 13.2. The number of rotatable bonds is 7. The van der Waals surface area contributed by atoms with Gasteiger partial charge in [-0.15, -0.1) is 0 Å². The van der Waals surface area contributed by atoms with Crippen molar-refractivity contribution < 1.29 is 115 Å². The maximum Gasteiger partial charge on any atom is 0.416 e. The van der Waals surface area contributed by atoms with Gasteiger partial charge in [-0.2, -0.15) is 137 Å². The van der Waals surface area contributed by atoms with Gasteiger partial charge in [0.25, 0.3) is 0 Å². The number of pyridine rings is 1. The van der Waals surface area contributed by atoms with Gasteiger partial charge in [0.1, 0.15) is 6.15 Å². The summed E-state index contributed by atoms with van der Waals surface area (Å²) < 4.78 is 343. The molecule has 0 radical (unpaired) electrons. The van der Waals surface area contributed by atoms with Gasteiger partial charge < -0.3 is 0 Å². The fraction of sp³-hybridized carbons (Fsp3) is 0.196. The Morgan fingerprint density at radius 3 is 0.865 bits per heavy atom. The first-order chi connectivity index (χ1) is 33.6. The second kappa shape index (κ2) is 19.9. The van der Waals surface area contributed by atoms with E-state index in [1.54, 1.807) is 28.8 Å². The number of carbonyl (C=O) groups is 1. The molecule has 0 atom stereocenters. The van der Waals surface area contributed by atoms with E-state index >= 15 is 0 Å². The van der Waals surface area contributed by atoms with Gasteiger partial charge >= 0.3 is 49.4 Å². The molecule has 0 aliphatic carbocycles. The number of ketones is 1. The number of Topliss-reactive ketones (excluding diaryl/α,β-unsaturated/α-hetero) is 1. The minimum absolute atomic E-state index is 0.00157. The predicted molar refractivity (Wildman–Crippen MR) is 212 cm³/mol. The largest absolute Gasteiger partial charge is 0.416 e. The standard InChI is InChI=1S/C32H12BF24.C14H11N2O/c34-25(35,36)13-1-14(26(37,38)39)6-21(5-13)33(22-7-15(27(40,41)42)2-16(8-22)28(43,44)45,23-9-17(29(46,47)48)3-18(10-23)30(49,50)51)24-11-19(31(52,53)54)4-20(12-24)32(55,56)57;15-10-12-5-4-6-13(9-12)14(17)11-16-7-2-1-3-8-16/h1-12H;1-9H,11H2/q-1;+1. The first-order valence-corrected chi connectivity index (χ1v) is 19.9. The Morgan fingerprint density at radius 1 is 0.378 bits per heavy atom. The third-order valence-electron chi connectivity index (χ3n) is 10.9. The van der Waals surface area contributed by atoms with Gasteiger partial charge in [-0.25, -0.2) is 0 Å². The van der Waals surface area contributed by atoms with Crippen LogP contribution in [0.4, 0.5) is 105 Å². The van der Waals surface area contributed by atoms with E-state index in [1.165, 1.54) is 0 Å². The molecule has 1 heterocycles. The molecule has 394 valence electrons. The van der Waals surface area contributed by atoms with Crippen LogP contribution in [-0.4, -0.2) is 11.9 Å². The van der Waals surface area contributed by atoms with Crippen molar-refractivity contribution in [2.24, 2.45) is 0 Å². The fourth-order valence-electron chi connectivity index (χ4n) is 7.63. The third-order valence-corrected chi connectivity index (χ3v) is 10.9. The van der Waals surface area contributed by atoms with Crippen molar-refractivity contribution in [2.45, 2.75) is 56.0 Å². The number of aromatic nitrogens is 1. The highest BCUT2D eigenvalue weighted by Gasteiger charge is 2.47. The SMILES string of the molecule is FC(F)(F)c1cc([B-](c2cc(C(F)(F)F)cc(C(F)(F)F)c2)(c2cc(C(F)(F)F)cc(C(F)(F)F)c2)c2cc(C(F)(F)F)cc(C(F)(F)F)c2)cc(C(F)(F)F)c1.N#Cc1cccc(C(=O)C[n+]2ccccc2)c1. The second-order valence-corrected chi connectivity index (χ2v) is 15.9. The lowest BCUT2D eigenvalue weighted by atomic mass is 9.12. The van der Waals surface area contributed by atoms with Crippen LogP contribution in [0, 0.1) is 11.3 Å². The molecule has 0 bridgehead atoms. The average Bonchev–Trinajstić information content (AvgIpc) is 3.27. The van der Waals surface area contributed by atoms with Crippen LogP contribution >= 0.6 is 0 Å². The molecule has 74 heavy (non-hydrogen) atoms. The van der Waals surface area contributed by atoms with Crippen LogP contribution in [-0.2, 0) is 56.0 Å². The number of halogens is 24. The maximum atomic E-state index is 14.2. The molecule has 0 spiro atoms. The zero-order valence-electron chi connectivity index (χ0n) is 35.8. The van der Waals surface area contributed by atoms with E-state index in [4.69, 9.17) is 5.26 Å². The summed E-state index contributed by atoms with van der Waals surface area (Å²) in [7, 11) is 0. The predicted octanol–water partition coefficient (Wildman–Crippen LogP) is 12.9. The molecule has 3 nitrogen and oxygen atoms in total. The number of hydrogen-bond acceptors (Lipinski definition) is 2. The molecule has 0 aliphatic rings. The Balaban J connectivity index is 0.000000500. The highest BCUT2D eigenvalue weighted by atomic mass is 19.4. The van der Waals surface area contributed by atoms with Gasteiger partial charge in [-0.1, -0.05) is 66.7 Å². The van der Waals surface area contributed by atoms with Crippen molar-refractivity contribution in [3.8, 4) is 6.07 Å². The van der Waals surface area contributed by atoms with Gasteiger partial charge in [0, 0.05) is 17.7 Å². The van der Waals surface area contributed by atoms with Crippen molar-refractivity contribution in [2.75, 3.05) is 0 Å². The number of carbonyl (C=O) groups excluding carboxylic acids is 1. The first kappa shape index (κ1) is 57.7. The number of nitriles is 1. The second-order valence-electron chi connectivity index (χ2n) is 15.9. The highest BCUT2D eigenvalue weighted by Crippen LogP contribution is 2.41. The van der Waals surface area contributed by atoms with E-state index < -0.39 is 195 Å². The van der Waals surface area contributed by atoms with Gasteiger partial charge in [-0.3, -0.25) is 4.79 Å². The smallest absolute Gasteiger partial charge is 0.287 e. The van der Waals surface area contributed by atoms with Crippen LogP contribution in [0.25, 0.3) is 0 Å². The fourth-order valence-corrected chi connectivity index (χ4v) is 7.63. The molecule has 0 saturated carbocycles. The number of benzene rings is 5. The molecule has 6 aromatic rings. The summed E-state index contributed by atoms with van der Waals surface area (Å²) in [5, 5.41) is 8.77. The van der Waals surface area contributed by atoms with Crippen molar-refractivity contribution in [1.29, 1.82) is 5.26 Å². The topological polar surface area (TPSA) is 44.7 Å². The third kappa shape index (κ3) is 13.3. The molecule has 1 aromatic heterocycles. The van der Waals surface area contributed by atoms with Crippen molar-refractivity contribution in [1.82, 2.24) is 0 Å². The monoisotopic (exact) mass is 1090 g/mol.